The standard InChI is InChI=1S/C13H25N5/c1-10(2)13-15-11(14)9-12(16-13)18(5)8-6-7-17(3)4/h9-10H,6-8H2,1-5H3,(H2,14,15,16). The average Bonchev–Trinajstić information content (AvgIpc) is 2.27. The summed E-state index contributed by atoms with van der Waals surface area (Å²) in [6.07, 6.45) is 1.10. The molecular formula is C13H25N5. The minimum Gasteiger partial charge on any atom is -0.384 e. The highest BCUT2D eigenvalue weighted by atomic mass is 15.2. The molecule has 0 aliphatic carbocycles. The molecule has 102 valence electrons. The maximum Gasteiger partial charge on any atom is 0.135 e. The van der Waals surface area contributed by atoms with Crippen molar-refractivity contribution in [1.82, 2.24) is 14.9 Å². The molecule has 1 aromatic rings. The zero-order valence-electron chi connectivity index (χ0n) is 12.1. The monoisotopic (exact) mass is 251 g/mol. The van der Waals surface area contributed by atoms with Gasteiger partial charge in [0.1, 0.15) is 17.5 Å². The first kappa shape index (κ1) is 14.7. The first-order valence-corrected chi connectivity index (χ1v) is 6.40. The zero-order valence-corrected chi connectivity index (χ0v) is 12.1. The fourth-order valence-corrected chi connectivity index (χ4v) is 1.66. The summed E-state index contributed by atoms with van der Waals surface area (Å²) in [5, 5.41) is 0. The van der Waals surface area contributed by atoms with Gasteiger partial charge in [-0.15, -0.1) is 0 Å². The molecule has 1 rings (SSSR count). The van der Waals surface area contributed by atoms with Crippen LogP contribution in [0.25, 0.3) is 0 Å². The van der Waals surface area contributed by atoms with Crippen LogP contribution in [-0.2, 0) is 0 Å². The number of aromatic nitrogens is 2. The van der Waals surface area contributed by atoms with Gasteiger partial charge in [-0.2, -0.15) is 0 Å². The quantitative estimate of drug-likeness (QED) is 0.831. The van der Waals surface area contributed by atoms with E-state index in [0.29, 0.717) is 11.7 Å². The van der Waals surface area contributed by atoms with Gasteiger partial charge < -0.3 is 15.5 Å². The van der Waals surface area contributed by atoms with Crippen molar-refractivity contribution in [3.8, 4) is 0 Å². The van der Waals surface area contributed by atoms with Crippen molar-refractivity contribution in [2.45, 2.75) is 26.2 Å². The van der Waals surface area contributed by atoms with Crippen molar-refractivity contribution in [2.75, 3.05) is 44.9 Å². The van der Waals surface area contributed by atoms with Crippen molar-refractivity contribution >= 4 is 11.6 Å². The van der Waals surface area contributed by atoms with Crippen LogP contribution in [0, 0.1) is 0 Å². The Morgan fingerprint density at radius 3 is 2.39 bits per heavy atom. The van der Waals surface area contributed by atoms with Gasteiger partial charge in [0.2, 0.25) is 0 Å². The van der Waals surface area contributed by atoms with Crippen LogP contribution in [0.15, 0.2) is 6.07 Å². The van der Waals surface area contributed by atoms with Crippen molar-refractivity contribution in [2.24, 2.45) is 0 Å². The fraction of sp³-hybridized carbons (Fsp3) is 0.692. The number of nitrogen functional groups attached to an aromatic ring is 1. The number of hydrogen-bond donors (Lipinski definition) is 1. The molecule has 0 atom stereocenters. The number of anilines is 2. The lowest BCUT2D eigenvalue weighted by atomic mass is 10.2. The topological polar surface area (TPSA) is 58.3 Å². The van der Waals surface area contributed by atoms with E-state index in [0.717, 1.165) is 31.2 Å². The van der Waals surface area contributed by atoms with Crippen molar-refractivity contribution in [3.05, 3.63) is 11.9 Å². The largest absolute Gasteiger partial charge is 0.384 e. The van der Waals surface area contributed by atoms with Crippen LogP contribution in [-0.4, -0.2) is 49.1 Å². The van der Waals surface area contributed by atoms with Crippen LogP contribution in [0.4, 0.5) is 11.6 Å². The molecule has 0 aliphatic heterocycles. The Bertz CT molecular complexity index is 376. The molecule has 0 fully saturated rings. The van der Waals surface area contributed by atoms with Gasteiger partial charge in [0, 0.05) is 25.6 Å². The van der Waals surface area contributed by atoms with E-state index in [1.807, 2.05) is 13.1 Å². The molecule has 0 amide bonds. The average molecular weight is 251 g/mol. The van der Waals surface area contributed by atoms with Gasteiger partial charge >= 0.3 is 0 Å². The second kappa shape index (κ2) is 6.54. The molecule has 0 radical (unpaired) electrons. The van der Waals surface area contributed by atoms with Crippen LogP contribution in [0.3, 0.4) is 0 Å². The first-order valence-electron chi connectivity index (χ1n) is 6.40. The van der Waals surface area contributed by atoms with Gasteiger partial charge in [0.15, 0.2) is 0 Å². The number of hydrogen-bond acceptors (Lipinski definition) is 5. The normalized spacial score (nSPS) is 11.3. The summed E-state index contributed by atoms with van der Waals surface area (Å²) in [6, 6.07) is 1.83. The summed E-state index contributed by atoms with van der Waals surface area (Å²) in [5.41, 5.74) is 5.83. The summed E-state index contributed by atoms with van der Waals surface area (Å²) < 4.78 is 0. The SMILES string of the molecule is CC(C)c1nc(N)cc(N(C)CCCN(C)C)n1. The molecule has 0 aromatic carbocycles. The molecule has 1 aromatic heterocycles. The van der Waals surface area contributed by atoms with Crippen molar-refractivity contribution in [1.29, 1.82) is 0 Å². The van der Waals surface area contributed by atoms with Crippen LogP contribution in [0.5, 0.6) is 0 Å². The summed E-state index contributed by atoms with van der Waals surface area (Å²) in [7, 11) is 6.21. The predicted octanol–water partition coefficient (Wildman–Crippen LogP) is 1.57. The number of rotatable bonds is 6. The van der Waals surface area contributed by atoms with Gasteiger partial charge in [0.25, 0.3) is 0 Å². The summed E-state index contributed by atoms with van der Waals surface area (Å²) >= 11 is 0. The highest BCUT2D eigenvalue weighted by Crippen LogP contribution is 2.17. The highest BCUT2D eigenvalue weighted by molar-refractivity contribution is 5.46. The van der Waals surface area contributed by atoms with Crippen LogP contribution in [0.1, 0.15) is 32.0 Å². The molecule has 0 unspecified atom stereocenters. The van der Waals surface area contributed by atoms with Crippen LogP contribution >= 0.6 is 0 Å². The van der Waals surface area contributed by atoms with E-state index in [1.54, 1.807) is 0 Å². The van der Waals surface area contributed by atoms with Crippen LogP contribution < -0.4 is 10.6 Å². The smallest absolute Gasteiger partial charge is 0.135 e. The van der Waals surface area contributed by atoms with E-state index in [9.17, 15) is 0 Å². The van der Waals surface area contributed by atoms with Crippen LogP contribution in [0.2, 0.25) is 0 Å². The highest BCUT2D eigenvalue weighted by Gasteiger charge is 2.09. The second-order valence-electron chi connectivity index (χ2n) is 5.24. The molecule has 0 bridgehead atoms. The minimum atomic E-state index is 0.294. The van der Waals surface area contributed by atoms with E-state index in [4.69, 9.17) is 5.73 Å². The molecule has 5 heteroatoms. The predicted molar refractivity (Wildman–Crippen MR) is 77.0 cm³/mol. The fourth-order valence-electron chi connectivity index (χ4n) is 1.66. The maximum absolute atomic E-state index is 5.83. The molecule has 5 nitrogen and oxygen atoms in total. The van der Waals surface area contributed by atoms with E-state index in [-0.39, 0.29) is 0 Å². The Morgan fingerprint density at radius 2 is 1.83 bits per heavy atom. The third-order valence-electron chi connectivity index (χ3n) is 2.76. The molecular weight excluding hydrogens is 226 g/mol. The number of nitrogens with two attached hydrogens (primary N) is 1. The Balaban J connectivity index is 2.69. The maximum atomic E-state index is 5.83. The third kappa shape index (κ3) is 4.49. The summed E-state index contributed by atoms with van der Waals surface area (Å²) in [6.45, 7) is 6.18. The minimum absolute atomic E-state index is 0.294. The van der Waals surface area contributed by atoms with E-state index in [1.165, 1.54) is 0 Å². The molecule has 0 aliphatic rings. The lowest BCUT2D eigenvalue weighted by Gasteiger charge is -2.20. The Morgan fingerprint density at radius 1 is 1.17 bits per heavy atom. The zero-order chi connectivity index (χ0) is 13.7. The molecule has 0 spiro atoms. The molecule has 0 saturated carbocycles. The van der Waals surface area contributed by atoms with Gasteiger partial charge in [-0.3, -0.25) is 0 Å². The Kier molecular flexibility index (Phi) is 5.34. The van der Waals surface area contributed by atoms with E-state index in [2.05, 4.69) is 47.7 Å². The van der Waals surface area contributed by atoms with Gasteiger partial charge in [-0.25, -0.2) is 9.97 Å². The Labute approximate surface area is 110 Å². The third-order valence-corrected chi connectivity index (χ3v) is 2.76. The van der Waals surface area contributed by atoms with Gasteiger partial charge in [-0.1, -0.05) is 13.8 Å². The molecule has 18 heavy (non-hydrogen) atoms. The molecule has 0 saturated heterocycles. The number of nitrogens with zero attached hydrogens (tertiary/aromatic N) is 4. The van der Waals surface area contributed by atoms with Gasteiger partial charge in [0.05, 0.1) is 0 Å². The summed E-state index contributed by atoms with van der Waals surface area (Å²) in [5.74, 6) is 2.56. The second-order valence-corrected chi connectivity index (χ2v) is 5.24. The Hall–Kier alpha value is -1.36. The van der Waals surface area contributed by atoms with Gasteiger partial charge in [-0.05, 0) is 27.1 Å². The first-order chi connectivity index (χ1) is 8.40. The molecule has 2 N–H and O–H groups in total. The van der Waals surface area contributed by atoms with E-state index < -0.39 is 0 Å². The summed E-state index contributed by atoms with van der Waals surface area (Å²) in [4.78, 5) is 13.1. The van der Waals surface area contributed by atoms with E-state index >= 15 is 0 Å². The molecule has 1 heterocycles. The lowest BCUT2D eigenvalue weighted by Crippen LogP contribution is -2.24. The lowest BCUT2D eigenvalue weighted by molar-refractivity contribution is 0.401. The van der Waals surface area contributed by atoms with Crippen molar-refractivity contribution in [3.63, 3.8) is 0 Å². The van der Waals surface area contributed by atoms with Crippen molar-refractivity contribution < 1.29 is 0 Å².